The highest BCUT2D eigenvalue weighted by molar-refractivity contribution is 5.82. The van der Waals surface area contributed by atoms with E-state index in [-0.39, 0.29) is 12.1 Å². The Hall–Kier alpha value is -3.32. The number of carbonyl (C=O) groups is 1. The molecular weight excluding hydrogens is 501 g/mol. The SMILES string of the molecule is CC(C)OC(=O)C(C)(CCCN1CCN(c2ccc(-c3ccc(C(F)(F)F)cc3)cc2)CC1)c1ccccc1. The van der Waals surface area contributed by atoms with Crippen LogP contribution in [0.5, 0.6) is 0 Å². The Morgan fingerprint density at radius 2 is 1.38 bits per heavy atom. The molecule has 1 atom stereocenters. The number of benzene rings is 3. The number of esters is 1. The van der Waals surface area contributed by atoms with Crippen molar-refractivity contribution in [3.8, 4) is 11.1 Å². The number of carbonyl (C=O) groups excluding carboxylic acids is 1. The summed E-state index contributed by atoms with van der Waals surface area (Å²) in [4.78, 5) is 17.8. The number of nitrogens with zero attached hydrogens (tertiary/aromatic N) is 2. The zero-order valence-electron chi connectivity index (χ0n) is 22.9. The van der Waals surface area contributed by atoms with Crippen molar-refractivity contribution in [1.29, 1.82) is 0 Å². The van der Waals surface area contributed by atoms with Crippen LogP contribution in [0.4, 0.5) is 18.9 Å². The monoisotopic (exact) mass is 538 g/mol. The first-order chi connectivity index (χ1) is 18.6. The summed E-state index contributed by atoms with van der Waals surface area (Å²) < 4.78 is 44.2. The molecule has 1 fully saturated rings. The summed E-state index contributed by atoms with van der Waals surface area (Å²) in [5.74, 6) is -0.173. The maximum absolute atomic E-state index is 13.0. The smallest absolute Gasteiger partial charge is 0.416 e. The van der Waals surface area contributed by atoms with Gasteiger partial charge in [-0.2, -0.15) is 13.2 Å². The van der Waals surface area contributed by atoms with Crippen molar-refractivity contribution in [1.82, 2.24) is 4.90 Å². The number of rotatable bonds is 9. The third-order valence-corrected chi connectivity index (χ3v) is 7.51. The summed E-state index contributed by atoms with van der Waals surface area (Å²) >= 11 is 0. The van der Waals surface area contributed by atoms with E-state index in [1.165, 1.54) is 12.1 Å². The second kappa shape index (κ2) is 12.2. The van der Waals surface area contributed by atoms with E-state index >= 15 is 0 Å². The van der Waals surface area contributed by atoms with Gasteiger partial charge in [0.2, 0.25) is 0 Å². The molecule has 7 heteroatoms. The number of halogens is 3. The van der Waals surface area contributed by atoms with E-state index in [1.54, 1.807) is 0 Å². The number of piperazine rings is 1. The number of hydrogen-bond donors (Lipinski definition) is 0. The van der Waals surface area contributed by atoms with Gasteiger partial charge in [-0.05, 0) is 81.1 Å². The average molecular weight is 539 g/mol. The van der Waals surface area contributed by atoms with Crippen LogP contribution in [0.25, 0.3) is 11.1 Å². The van der Waals surface area contributed by atoms with Gasteiger partial charge in [-0.1, -0.05) is 54.6 Å². The lowest BCUT2D eigenvalue weighted by molar-refractivity contribution is -0.154. The van der Waals surface area contributed by atoms with Gasteiger partial charge in [0.15, 0.2) is 0 Å². The van der Waals surface area contributed by atoms with Gasteiger partial charge in [-0.15, -0.1) is 0 Å². The third-order valence-electron chi connectivity index (χ3n) is 7.51. The second-order valence-corrected chi connectivity index (χ2v) is 10.7. The lowest BCUT2D eigenvalue weighted by atomic mass is 9.78. The van der Waals surface area contributed by atoms with E-state index in [2.05, 4.69) is 9.80 Å². The largest absolute Gasteiger partial charge is 0.462 e. The third kappa shape index (κ3) is 7.21. The van der Waals surface area contributed by atoms with E-state index in [0.717, 1.165) is 73.7 Å². The highest BCUT2D eigenvalue weighted by Gasteiger charge is 2.37. The summed E-state index contributed by atoms with van der Waals surface area (Å²) in [5.41, 5.74) is 2.43. The first-order valence-corrected chi connectivity index (χ1v) is 13.6. The molecule has 0 aliphatic carbocycles. The van der Waals surface area contributed by atoms with Crippen molar-refractivity contribution in [3.63, 3.8) is 0 Å². The molecule has 3 aromatic rings. The molecule has 0 saturated carbocycles. The summed E-state index contributed by atoms with van der Waals surface area (Å²) in [6, 6.07) is 23.2. The number of alkyl halides is 3. The van der Waals surface area contributed by atoms with Gasteiger partial charge in [0.1, 0.15) is 0 Å². The molecule has 0 radical (unpaired) electrons. The molecule has 0 aromatic heterocycles. The molecule has 208 valence electrons. The molecule has 0 amide bonds. The molecule has 1 unspecified atom stereocenters. The lowest BCUT2D eigenvalue weighted by Crippen LogP contribution is -2.47. The normalized spacial score (nSPS) is 16.2. The molecule has 0 spiro atoms. The molecule has 3 aromatic carbocycles. The number of ether oxygens (including phenoxy) is 1. The Labute approximate surface area is 229 Å². The van der Waals surface area contributed by atoms with E-state index in [1.807, 2.05) is 75.4 Å². The summed E-state index contributed by atoms with van der Waals surface area (Å²) in [6.07, 6.45) is -2.88. The van der Waals surface area contributed by atoms with Crippen LogP contribution in [0.2, 0.25) is 0 Å². The van der Waals surface area contributed by atoms with Crippen molar-refractivity contribution < 1.29 is 22.7 Å². The van der Waals surface area contributed by atoms with Gasteiger partial charge >= 0.3 is 12.1 Å². The van der Waals surface area contributed by atoms with Crippen LogP contribution in [0.3, 0.4) is 0 Å². The van der Waals surface area contributed by atoms with E-state index in [4.69, 9.17) is 4.74 Å². The Morgan fingerprint density at radius 1 is 0.821 bits per heavy atom. The Balaban J connectivity index is 1.29. The quantitative estimate of drug-likeness (QED) is 0.270. The van der Waals surface area contributed by atoms with Gasteiger partial charge in [-0.25, -0.2) is 0 Å². The number of hydrogen-bond acceptors (Lipinski definition) is 4. The first kappa shape index (κ1) is 28.7. The minimum absolute atomic E-state index is 0.155. The number of anilines is 1. The van der Waals surface area contributed by atoms with E-state index < -0.39 is 17.2 Å². The summed E-state index contributed by atoms with van der Waals surface area (Å²) in [6.45, 7) is 10.3. The zero-order chi connectivity index (χ0) is 28.0. The Bertz CT molecular complexity index is 1200. The molecule has 4 rings (SSSR count). The van der Waals surface area contributed by atoms with Crippen molar-refractivity contribution in [2.45, 2.75) is 51.3 Å². The fourth-order valence-corrected chi connectivity index (χ4v) is 5.12. The van der Waals surface area contributed by atoms with Crippen molar-refractivity contribution in [2.24, 2.45) is 0 Å². The van der Waals surface area contributed by atoms with Crippen molar-refractivity contribution >= 4 is 11.7 Å². The molecule has 1 aliphatic heterocycles. The van der Waals surface area contributed by atoms with E-state index in [0.29, 0.717) is 6.42 Å². The second-order valence-electron chi connectivity index (χ2n) is 10.7. The maximum atomic E-state index is 13.0. The topological polar surface area (TPSA) is 32.8 Å². The Kier molecular flexibility index (Phi) is 9.01. The lowest BCUT2D eigenvalue weighted by Gasteiger charge is -2.37. The van der Waals surface area contributed by atoms with Gasteiger partial charge in [-0.3, -0.25) is 9.69 Å². The van der Waals surface area contributed by atoms with Crippen LogP contribution in [0.15, 0.2) is 78.9 Å². The molecule has 1 heterocycles. The van der Waals surface area contributed by atoms with Gasteiger partial charge in [0.05, 0.1) is 17.1 Å². The average Bonchev–Trinajstić information content (AvgIpc) is 2.93. The van der Waals surface area contributed by atoms with Crippen LogP contribution in [0.1, 0.15) is 44.7 Å². The molecule has 39 heavy (non-hydrogen) atoms. The predicted octanol–water partition coefficient (Wildman–Crippen LogP) is 7.18. The fraction of sp³-hybridized carbons (Fsp3) is 0.406. The summed E-state index contributed by atoms with van der Waals surface area (Å²) in [5, 5.41) is 0. The van der Waals surface area contributed by atoms with Crippen LogP contribution < -0.4 is 4.90 Å². The highest BCUT2D eigenvalue weighted by atomic mass is 19.4. The molecule has 4 nitrogen and oxygen atoms in total. The summed E-state index contributed by atoms with van der Waals surface area (Å²) in [7, 11) is 0. The van der Waals surface area contributed by atoms with E-state index in [9.17, 15) is 18.0 Å². The van der Waals surface area contributed by atoms with Crippen LogP contribution in [0, 0.1) is 0 Å². The van der Waals surface area contributed by atoms with Crippen LogP contribution in [-0.2, 0) is 21.1 Å². The fourth-order valence-electron chi connectivity index (χ4n) is 5.12. The molecular formula is C32H37F3N2O2. The molecule has 0 bridgehead atoms. The highest BCUT2D eigenvalue weighted by Crippen LogP contribution is 2.33. The van der Waals surface area contributed by atoms with Crippen LogP contribution in [-0.4, -0.2) is 49.7 Å². The Morgan fingerprint density at radius 3 is 1.92 bits per heavy atom. The molecule has 0 N–H and O–H groups in total. The van der Waals surface area contributed by atoms with Crippen molar-refractivity contribution in [3.05, 3.63) is 90.0 Å². The molecule has 1 aliphatic rings. The minimum atomic E-state index is -4.33. The van der Waals surface area contributed by atoms with Gasteiger partial charge < -0.3 is 9.64 Å². The van der Waals surface area contributed by atoms with Gasteiger partial charge in [0, 0.05) is 31.9 Å². The molecule has 1 saturated heterocycles. The minimum Gasteiger partial charge on any atom is -0.462 e. The van der Waals surface area contributed by atoms with Gasteiger partial charge in [0.25, 0.3) is 0 Å². The first-order valence-electron chi connectivity index (χ1n) is 13.6. The van der Waals surface area contributed by atoms with Crippen LogP contribution >= 0.6 is 0 Å². The maximum Gasteiger partial charge on any atom is 0.416 e. The standard InChI is InChI=1S/C32H37F3N2O2/c1-24(2)39-30(38)31(3,27-8-5-4-6-9-27)18-7-19-36-20-22-37(23-21-36)29-16-12-26(13-17-29)25-10-14-28(15-11-25)32(33,34)35/h4-6,8-17,24H,7,18-23H2,1-3H3. The predicted molar refractivity (Wildman–Crippen MR) is 150 cm³/mol. The van der Waals surface area contributed by atoms with Crippen molar-refractivity contribution in [2.75, 3.05) is 37.6 Å². The zero-order valence-corrected chi connectivity index (χ0v) is 22.9.